The fraction of sp³-hybridized carbons (Fsp3) is 0.174. The number of hydrogen-bond donors (Lipinski definition) is 1. The van der Waals surface area contributed by atoms with Gasteiger partial charge in [-0.05, 0) is 42.8 Å². The SMILES string of the molecule is CCn1c(SCC(=O)NCc2ccc(-n3cnc4ccccc43)nc2)nnc1-c1ccco1. The number of para-hydroxylation sites is 2. The molecule has 0 aliphatic rings. The number of amides is 1. The largest absolute Gasteiger partial charge is 0.461 e. The minimum Gasteiger partial charge on any atom is -0.461 e. The van der Waals surface area contributed by atoms with Crippen molar-refractivity contribution in [3.63, 3.8) is 0 Å². The topological polar surface area (TPSA) is 104 Å². The van der Waals surface area contributed by atoms with Crippen LogP contribution in [-0.4, -0.2) is 41.0 Å². The molecule has 0 aliphatic heterocycles. The van der Waals surface area contributed by atoms with Crippen molar-refractivity contribution in [2.75, 3.05) is 5.75 Å². The van der Waals surface area contributed by atoms with Crippen LogP contribution in [0.1, 0.15) is 12.5 Å². The fourth-order valence-electron chi connectivity index (χ4n) is 3.46. The Morgan fingerprint density at radius 2 is 2.00 bits per heavy atom. The summed E-state index contributed by atoms with van der Waals surface area (Å²) in [6.45, 7) is 3.08. The molecule has 0 bridgehead atoms. The molecule has 0 atom stereocenters. The molecule has 9 nitrogen and oxygen atoms in total. The molecule has 1 amide bonds. The van der Waals surface area contributed by atoms with Crippen molar-refractivity contribution in [2.45, 2.75) is 25.2 Å². The summed E-state index contributed by atoms with van der Waals surface area (Å²) in [6, 6.07) is 15.4. The average Bonchev–Trinajstić information content (AvgIpc) is 3.61. The van der Waals surface area contributed by atoms with Crippen LogP contribution in [0.5, 0.6) is 0 Å². The quantitative estimate of drug-likeness (QED) is 0.353. The van der Waals surface area contributed by atoms with E-state index in [0.29, 0.717) is 29.8 Å². The molecule has 0 fully saturated rings. The van der Waals surface area contributed by atoms with Crippen molar-refractivity contribution >= 4 is 28.7 Å². The molecule has 33 heavy (non-hydrogen) atoms. The average molecular weight is 460 g/mol. The summed E-state index contributed by atoms with van der Waals surface area (Å²) in [5.41, 5.74) is 2.83. The van der Waals surface area contributed by atoms with Crippen molar-refractivity contribution in [3.05, 3.63) is 72.9 Å². The first kappa shape index (κ1) is 21.0. The Labute approximate surface area is 193 Å². The first-order valence-corrected chi connectivity index (χ1v) is 11.5. The number of rotatable bonds is 8. The minimum atomic E-state index is -0.0881. The van der Waals surface area contributed by atoms with Gasteiger partial charge in [-0.1, -0.05) is 30.0 Å². The highest BCUT2D eigenvalue weighted by Gasteiger charge is 2.16. The highest BCUT2D eigenvalue weighted by atomic mass is 32.2. The Morgan fingerprint density at radius 1 is 1.09 bits per heavy atom. The fourth-order valence-corrected chi connectivity index (χ4v) is 4.29. The van der Waals surface area contributed by atoms with Crippen LogP contribution in [0.4, 0.5) is 0 Å². The second-order valence-electron chi connectivity index (χ2n) is 7.22. The van der Waals surface area contributed by atoms with Gasteiger partial charge in [0.1, 0.15) is 12.1 Å². The highest BCUT2D eigenvalue weighted by molar-refractivity contribution is 7.99. The number of hydrogen-bond acceptors (Lipinski definition) is 7. The van der Waals surface area contributed by atoms with E-state index in [1.54, 1.807) is 18.8 Å². The van der Waals surface area contributed by atoms with E-state index in [-0.39, 0.29) is 11.7 Å². The molecular formula is C23H21N7O2S. The van der Waals surface area contributed by atoms with Gasteiger partial charge in [-0.25, -0.2) is 9.97 Å². The molecule has 166 valence electrons. The maximum Gasteiger partial charge on any atom is 0.230 e. The zero-order valence-corrected chi connectivity index (χ0v) is 18.7. The van der Waals surface area contributed by atoms with Crippen LogP contribution < -0.4 is 5.32 Å². The van der Waals surface area contributed by atoms with E-state index in [1.807, 2.05) is 64.6 Å². The summed E-state index contributed by atoms with van der Waals surface area (Å²) in [6.07, 6.45) is 5.13. The van der Waals surface area contributed by atoms with Crippen molar-refractivity contribution in [3.8, 4) is 17.4 Å². The standard InChI is InChI=1S/C23H21N7O2S/c1-2-29-22(19-8-5-11-32-19)27-28-23(29)33-14-21(31)25-13-16-9-10-20(24-12-16)30-15-26-17-6-3-4-7-18(17)30/h3-12,15H,2,13-14H2,1H3,(H,25,31). The Balaban J connectivity index is 1.17. The van der Waals surface area contributed by atoms with Crippen molar-refractivity contribution in [2.24, 2.45) is 0 Å². The zero-order valence-electron chi connectivity index (χ0n) is 17.9. The zero-order chi connectivity index (χ0) is 22.6. The Hall–Kier alpha value is -3.92. The number of carbonyl (C=O) groups excluding carboxylic acids is 1. The lowest BCUT2D eigenvalue weighted by Gasteiger charge is -2.08. The predicted octanol–water partition coefficient (Wildman–Crippen LogP) is 3.70. The molecule has 0 aliphatic carbocycles. The molecule has 5 rings (SSSR count). The summed E-state index contributed by atoms with van der Waals surface area (Å²) < 4.78 is 9.29. The van der Waals surface area contributed by atoms with Crippen molar-refractivity contribution in [1.29, 1.82) is 0 Å². The molecular weight excluding hydrogens is 438 g/mol. The molecule has 1 N–H and O–H groups in total. The van der Waals surface area contributed by atoms with E-state index in [0.717, 1.165) is 22.4 Å². The second kappa shape index (κ2) is 9.29. The summed E-state index contributed by atoms with van der Waals surface area (Å²) in [4.78, 5) is 21.3. The molecule has 4 aromatic heterocycles. The third kappa shape index (κ3) is 4.37. The van der Waals surface area contributed by atoms with Crippen LogP contribution in [0, 0.1) is 0 Å². The summed E-state index contributed by atoms with van der Waals surface area (Å²) in [7, 11) is 0. The molecule has 5 aromatic rings. The second-order valence-corrected chi connectivity index (χ2v) is 8.16. The lowest BCUT2D eigenvalue weighted by Crippen LogP contribution is -2.24. The van der Waals surface area contributed by atoms with Crippen LogP contribution in [0.3, 0.4) is 0 Å². The number of imidazole rings is 1. The molecule has 1 aromatic carbocycles. The minimum absolute atomic E-state index is 0.0881. The summed E-state index contributed by atoms with van der Waals surface area (Å²) in [5.74, 6) is 2.24. The number of thioether (sulfide) groups is 1. The van der Waals surface area contributed by atoms with Crippen molar-refractivity contribution in [1.82, 2.24) is 34.6 Å². The molecule has 0 unspecified atom stereocenters. The van der Waals surface area contributed by atoms with Gasteiger partial charge >= 0.3 is 0 Å². The van der Waals surface area contributed by atoms with Gasteiger partial charge in [0.25, 0.3) is 0 Å². The van der Waals surface area contributed by atoms with E-state index in [2.05, 4.69) is 25.5 Å². The van der Waals surface area contributed by atoms with E-state index >= 15 is 0 Å². The number of fused-ring (bicyclic) bond motifs is 1. The molecule has 0 saturated heterocycles. The Morgan fingerprint density at radius 3 is 2.79 bits per heavy atom. The molecule has 0 saturated carbocycles. The first-order valence-electron chi connectivity index (χ1n) is 10.5. The third-order valence-corrected chi connectivity index (χ3v) is 6.07. The van der Waals surface area contributed by atoms with Crippen LogP contribution in [0.2, 0.25) is 0 Å². The molecule has 4 heterocycles. The van der Waals surface area contributed by atoms with Crippen molar-refractivity contribution < 1.29 is 9.21 Å². The molecule has 0 spiro atoms. The Bertz CT molecular complexity index is 1370. The van der Waals surface area contributed by atoms with E-state index < -0.39 is 0 Å². The van der Waals surface area contributed by atoms with Gasteiger partial charge < -0.3 is 9.73 Å². The number of aromatic nitrogens is 6. The van der Waals surface area contributed by atoms with E-state index in [1.165, 1.54) is 11.8 Å². The van der Waals surface area contributed by atoms with Gasteiger partial charge in [-0.2, -0.15) is 0 Å². The normalized spacial score (nSPS) is 11.2. The maximum atomic E-state index is 12.4. The number of carbonyl (C=O) groups is 1. The third-order valence-electron chi connectivity index (χ3n) is 5.11. The first-order chi connectivity index (χ1) is 16.2. The van der Waals surface area contributed by atoms with Crippen LogP contribution in [-0.2, 0) is 17.9 Å². The number of nitrogens with zero attached hydrogens (tertiary/aromatic N) is 6. The predicted molar refractivity (Wildman–Crippen MR) is 125 cm³/mol. The van der Waals surface area contributed by atoms with Gasteiger partial charge in [0.05, 0.1) is 23.0 Å². The van der Waals surface area contributed by atoms with Gasteiger partial charge in [-0.15, -0.1) is 10.2 Å². The van der Waals surface area contributed by atoms with Gasteiger partial charge in [0, 0.05) is 19.3 Å². The lowest BCUT2D eigenvalue weighted by molar-refractivity contribution is -0.118. The number of nitrogens with one attached hydrogen (secondary N) is 1. The summed E-state index contributed by atoms with van der Waals surface area (Å²) in [5, 5.41) is 12.0. The van der Waals surface area contributed by atoms with Gasteiger partial charge in [0.2, 0.25) is 5.91 Å². The Kier molecular flexibility index (Phi) is 5.90. The molecule has 0 radical (unpaired) electrons. The van der Waals surface area contributed by atoms with Crippen LogP contribution in [0.25, 0.3) is 28.4 Å². The maximum absolute atomic E-state index is 12.4. The highest BCUT2D eigenvalue weighted by Crippen LogP contribution is 2.24. The van der Waals surface area contributed by atoms with Gasteiger partial charge in [-0.3, -0.25) is 13.9 Å². The van der Waals surface area contributed by atoms with E-state index in [9.17, 15) is 4.79 Å². The van der Waals surface area contributed by atoms with Crippen LogP contribution in [0.15, 0.2) is 76.9 Å². The van der Waals surface area contributed by atoms with Crippen LogP contribution >= 0.6 is 11.8 Å². The van der Waals surface area contributed by atoms with Gasteiger partial charge in [0.15, 0.2) is 16.7 Å². The lowest BCUT2D eigenvalue weighted by atomic mass is 10.2. The summed E-state index contributed by atoms with van der Waals surface area (Å²) >= 11 is 1.34. The molecule has 10 heteroatoms. The smallest absolute Gasteiger partial charge is 0.230 e. The number of furan rings is 1. The monoisotopic (exact) mass is 459 g/mol. The van der Waals surface area contributed by atoms with E-state index in [4.69, 9.17) is 4.42 Å². The number of benzene rings is 1. The number of pyridine rings is 1.